The fourth-order valence-electron chi connectivity index (χ4n) is 2.60. The van der Waals surface area contributed by atoms with E-state index in [1.165, 1.54) is 12.8 Å². The molecule has 3 rings (SSSR count). The van der Waals surface area contributed by atoms with Crippen LogP contribution in [0.1, 0.15) is 22.6 Å². The monoisotopic (exact) mass is 254 g/mol. The molecule has 0 unspecified atom stereocenters. The van der Waals surface area contributed by atoms with Crippen LogP contribution in [0.4, 0.5) is 5.13 Å². The van der Waals surface area contributed by atoms with Gasteiger partial charge >= 0.3 is 5.97 Å². The molecule has 3 heterocycles. The van der Waals surface area contributed by atoms with Crippen molar-refractivity contribution >= 4 is 22.4 Å². The average molecular weight is 254 g/mol. The fourth-order valence-corrected chi connectivity index (χ4v) is 3.28. The minimum Gasteiger partial charge on any atom is -0.476 e. The smallest absolute Gasteiger partial charge is 0.367 e. The molecule has 1 aromatic heterocycles. The molecule has 0 amide bonds. The summed E-state index contributed by atoms with van der Waals surface area (Å²) in [5.41, 5.74) is 0.431. The summed E-state index contributed by atoms with van der Waals surface area (Å²) < 4.78 is 0. The predicted molar refractivity (Wildman–Crippen MR) is 63.6 cm³/mol. The molecule has 17 heavy (non-hydrogen) atoms. The van der Waals surface area contributed by atoms with Crippen LogP contribution in [0.15, 0.2) is 0 Å². The molecular formula is C10H14N4O2S. The van der Waals surface area contributed by atoms with E-state index in [9.17, 15) is 4.79 Å². The summed E-state index contributed by atoms with van der Waals surface area (Å²) in [7, 11) is 0. The minimum absolute atomic E-state index is 0.0752. The number of anilines is 1. The van der Waals surface area contributed by atoms with Gasteiger partial charge in [0.05, 0.1) is 0 Å². The van der Waals surface area contributed by atoms with E-state index in [0.717, 1.165) is 42.6 Å². The third kappa shape index (κ3) is 1.89. The second-order valence-electron chi connectivity index (χ2n) is 4.80. The van der Waals surface area contributed by atoms with E-state index in [1.807, 2.05) is 0 Å². The number of piperidine rings is 1. The maximum Gasteiger partial charge on any atom is 0.367 e. The average Bonchev–Trinajstić information content (AvgIpc) is 2.76. The lowest BCUT2D eigenvalue weighted by Gasteiger charge is -2.52. The van der Waals surface area contributed by atoms with Crippen molar-refractivity contribution in [2.24, 2.45) is 5.41 Å². The Kier molecular flexibility index (Phi) is 2.52. The van der Waals surface area contributed by atoms with Crippen LogP contribution in [0.25, 0.3) is 0 Å². The van der Waals surface area contributed by atoms with E-state index in [0.29, 0.717) is 5.41 Å². The number of aromatic nitrogens is 2. The Bertz CT molecular complexity index is 433. The number of hydrogen-bond donors (Lipinski definition) is 2. The molecule has 2 aliphatic rings. The zero-order valence-corrected chi connectivity index (χ0v) is 10.2. The Morgan fingerprint density at radius 2 is 2.06 bits per heavy atom. The molecule has 0 aromatic carbocycles. The van der Waals surface area contributed by atoms with Crippen LogP contribution in [0.5, 0.6) is 0 Å². The van der Waals surface area contributed by atoms with Crippen LogP contribution in [0.2, 0.25) is 0 Å². The van der Waals surface area contributed by atoms with Crippen molar-refractivity contribution < 1.29 is 9.90 Å². The highest BCUT2D eigenvalue weighted by Crippen LogP contribution is 2.41. The number of carboxylic acids is 1. The number of aromatic carboxylic acids is 1. The van der Waals surface area contributed by atoms with Crippen LogP contribution in [-0.4, -0.2) is 47.5 Å². The maximum absolute atomic E-state index is 10.7. The third-order valence-electron chi connectivity index (χ3n) is 3.58. The highest BCUT2D eigenvalue weighted by Gasteiger charge is 2.44. The minimum atomic E-state index is -0.995. The molecule has 2 N–H and O–H groups in total. The van der Waals surface area contributed by atoms with Gasteiger partial charge in [0.1, 0.15) is 0 Å². The summed E-state index contributed by atoms with van der Waals surface area (Å²) in [6, 6.07) is 0. The zero-order valence-electron chi connectivity index (χ0n) is 9.35. The van der Waals surface area contributed by atoms with Gasteiger partial charge in [0.15, 0.2) is 0 Å². The summed E-state index contributed by atoms with van der Waals surface area (Å²) in [5, 5.41) is 20.6. The van der Waals surface area contributed by atoms with Gasteiger partial charge in [0, 0.05) is 18.5 Å². The fraction of sp³-hybridized carbons (Fsp3) is 0.700. The molecule has 7 heteroatoms. The normalized spacial score (nSPS) is 22.5. The number of nitrogens with zero attached hydrogens (tertiary/aromatic N) is 3. The maximum atomic E-state index is 10.7. The standard InChI is InChI=1S/C10H14N4O2S/c15-8(16)7-12-13-9(17-7)14-5-10(6-14)1-3-11-4-2-10/h11H,1-6H2,(H,15,16). The van der Waals surface area contributed by atoms with Crippen LogP contribution < -0.4 is 10.2 Å². The van der Waals surface area contributed by atoms with Gasteiger partial charge in [-0.1, -0.05) is 11.3 Å². The van der Waals surface area contributed by atoms with Crippen LogP contribution in [0.3, 0.4) is 0 Å². The van der Waals surface area contributed by atoms with E-state index >= 15 is 0 Å². The number of carbonyl (C=O) groups is 1. The lowest BCUT2D eigenvalue weighted by atomic mass is 9.73. The number of carboxylic acid groups (broad SMARTS) is 1. The van der Waals surface area contributed by atoms with E-state index < -0.39 is 5.97 Å². The quantitative estimate of drug-likeness (QED) is 0.796. The van der Waals surface area contributed by atoms with Crippen LogP contribution in [-0.2, 0) is 0 Å². The van der Waals surface area contributed by atoms with Crippen molar-refractivity contribution in [1.82, 2.24) is 15.5 Å². The molecule has 2 saturated heterocycles. The SMILES string of the molecule is O=C(O)c1nnc(N2CC3(CCNCC3)C2)s1. The molecule has 1 aromatic rings. The first-order chi connectivity index (χ1) is 8.19. The van der Waals surface area contributed by atoms with Gasteiger partial charge in [0.2, 0.25) is 10.1 Å². The summed E-state index contributed by atoms with van der Waals surface area (Å²) in [6.45, 7) is 4.15. The summed E-state index contributed by atoms with van der Waals surface area (Å²) >= 11 is 1.16. The van der Waals surface area contributed by atoms with Gasteiger partial charge in [0.25, 0.3) is 0 Å². The van der Waals surface area contributed by atoms with Gasteiger partial charge in [-0.05, 0) is 25.9 Å². The van der Waals surface area contributed by atoms with Crippen LogP contribution >= 0.6 is 11.3 Å². The Morgan fingerprint density at radius 1 is 1.35 bits per heavy atom. The Labute approximate surface area is 103 Å². The van der Waals surface area contributed by atoms with E-state index in [2.05, 4.69) is 20.4 Å². The molecule has 0 radical (unpaired) electrons. The number of rotatable bonds is 2. The Hall–Kier alpha value is -1.21. The second-order valence-corrected chi connectivity index (χ2v) is 5.76. The van der Waals surface area contributed by atoms with Gasteiger partial charge in [-0.25, -0.2) is 4.79 Å². The highest BCUT2D eigenvalue weighted by molar-refractivity contribution is 7.17. The van der Waals surface area contributed by atoms with Gasteiger partial charge in [-0.3, -0.25) is 0 Å². The summed E-state index contributed by atoms with van der Waals surface area (Å²) in [5.74, 6) is -0.995. The number of hydrogen-bond acceptors (Lipinski definition) is 6. The van der Waals surface area contributed by atoms with Gasteiger partial charge < -0.3 is 15.3 Å². The topological polar surface area (TPSA) is 78.3 Å². The van der Waals surface area contributed by atoms with Crippen molar-refractivity contribution in [1.29, 1.82) is 0 Å². The second kappa shape index (κ2) is 3.92. The van der Waals surface area contributed by atoms with Crippen molar-refractivity contribution in [3.05, 3.63) is 5.01 Å². The van der Waals surface area contributed by atoms with E-state index in [1.54, 1.807) is 0 Å². The number of nitrogens with one attached hydrogen (secondary N) is 1. The molecule has 1 spiro atoms. The molecule has 2 aliphatic heterocycles. The first kappa shape index (κ1) is 10.9. The van der Waals surface area contributed by atoms with E-state index in [4.69, 9.17) is 5.11 Å². The van der Waals surface area contributed by atoms with Crippen molar-refractivity contribution in [3.63, 3.8) is 0 Å². The molecule has 2 fully saturated rings. The zero-order chi connectivity index (χ0) is 11.9. The third-order valence-corrected chi connectivity index (χ3v) is 4.56. The molecule has 0 saturated carbocycles. The summed E-state index contributed by atoms with van der Waals surface area (Å²) in [4.78, 5) is 12.9. The highest BCUT2D eigenvalue weighted by atomic mass is 32.1. The first-order valence-electron chi connectivity index (χ1n) is 5.71. The largest absolute Gasteiger partial charge is 0.476 e. The lowest BCUT2D eigenvalue weighted by molar-refractivity contribution is 0.0695. The van der Waals surface area contributed by atoms with E-state index in [-0.39, 0.29) is 5.01 Å². The van der Waals surface area contributed by atoms with Gasteiger partial charge in [-0.15, -0.1) is 10.2 Å². The molecule has 0 aliphatic carbocycles. The lowest BCUT2D eigenvalue weighted by Crippen LogP contribution is -2.60. The molecule has 6 nitrogen and oxygen atoms in total. The van der Waals surface area contributed by atoms with Crippen LogP contribution in [0, 0.1) is 5.41 Å². The Morgan fingerprint density at radius 3 is 2.65 bits per heavy atom. The van der Waals surface area contributed by atoms with Crippen molar-refractivity contribution in [2.45, 2.75) is 12.8 Å². The molecule has 92 valence electrons. The first-order valence-corrected chi connectivity index (χ1v) is 6.53. The Balaban J connectivity index is 1.66. The molecular weight excluding hydrogens is 240 g/mol. The molecule has 0 atom stereocenters. The van der Waals surface area contributed by atoms with Crippen molar-refractivity contribution in [2.75, 3.05) is 31.1 Å². The van der Waals surface area contributed by atoms with Gasteiger partial charge in [-0.2, -0.15) is 0 Å². The molecule has 0 bridgehead atoms. The summed E-state index contributed by atoms with van der Waals surface area (Å²) in [6.07, 6.45) is 2.40. The predicted octanol–water partition coefficient (Wildman–Crippen LogP) is 0.426. The van der Waals surface area contributed by atoms with Crippen molar-refractivity contribution in [3.8, 4) is 0 Å².